The third-order valence-electron chi connectivity index (χ3n) is 4.58. The number of methoxy groups -OCH3 is 1. The number of amides is 3. The molecule has 2 N–H and O–H groups in total. The van der Waals surface area contributed by atoms with Crippen LogP contribution in [-0.2, 0) is 4.79 Å². The highest BCUT2D eigenvalue weighted by molar-refractivity contribution is 5.96. The van der Waals surface area contributed by atoms with E-state index in [4.69, 9.17) is 9.47 Å². The SMILES string of the molecule is CCOc1ccccc1NC(=O)NC[C@H]1CC(=O)N(c2ccc(OC)cc2)C1. The summed E-state index contributed by atoms with van der Waals surface area (Å²) >= 11 is 0. The van der Waals surface area contributed by atoms with Crippen LogP contribution in [0.3, 0.4) is 0 Å². The molecule has 0 unspecified atom stereocenters. The van der Waals surface area contributed by atoms with E-state index in [-0.39, 0.29) is 17.9 Å². The Hall–Kier alpha value is -3.22. The second-order valence-electron chi connectivity index (χ2n) is 6.54. The quantitative estimate of drug-likeness (QED) is 0.769. The largest absolute Gasteiger partial charge is 0.497 e. The highest BCUT2D eigenvalue weighted by atomic mass is 16.5. The van der Waals surface area contributed by atoms with Gasteiger partial charge < -0.3 is 25.0 Å². The van der Waals surface area contributed by atoms with E-state index in [0.29, 0.717) is 37.6 Å². The van der Waals surface area contributed by atoms with Crippen molar-refractivity contribution in [3.63, 3.8) is 0 Å². The molecule has 1 atom stereocenters. The lowest BCUT2D eigenvalue weighted by Crippen LogP contribution is -2.34. The van der Waals surface area contributed by atoms with Gasteiger partial charge in [0.15, 0.2) is 0 Å². The topological polar surface area (TPSA) is 79.9 Å². The van der Waals surface area contributed by atoms with Gasteiger partial charge in [0, 0.05) is 31.1 Å². The molecular formula is C21H25N3O4. The van der Waals surface area contributed by atoms with Crippen LogP contribution in [0.15, 0.2) is 48.5 Å². The van der Waals surface area contributed by atoms with Gasteiger partial charge in [-0.2, -0.15) is 0 Å². The molecule has 0 radical (unpaired) electrons. The number of para-hydroxylation sites is 2. The van der Waals surface area contributed by atoms with Crippen molar-refractivity contribution < 1.29 is 19.1 Å². The van der Waals surface area contributed by atoms with Gasteiger partial charge in [-0.05, 0) is 43.3 Å². The van der Waals surface area contributed by atoms with E-state index in [1.807, 2.05) is 49.4 Å². The van der Waals surface area contributed by atoms with Crippen molar-refractivity contribution >= 4 is 23.3 Å². The molecule has 0 saturated carbocycles. The van der Waals surface area contributed by atoms with Gasteiger partial charge in [-0.1, -0.05) is 12.1 Å². The number of ether oxygens (including phenoxy) is 2. The minimum Gasteiger partial charge on any atom is -0.497 e. The van der Waals surface area contributed by atoms with E-state index in [1.165, 1.54) is 0 Å². The molecule has 3 amide bonds. The number of carbonyl (C=O) groups excluding carboxylic acids is 2. The first kappa shape index (κ1) is 19.5. The van der Waals surface area contributed by atoms with Crippen molar-refractivity contribution in [2.24, 2.45) is 5.92 Å². The lowest BCUT2D eigenvalue weighted by Gasteiger charge is -2.17. The van der Waals surface area contributed by atoms with Crippen molar-refractivity contribution in [3.8, 4) is 11.5 Å². The average molecular weight is 383 g/mol. The Morgan fingerprint density at radius 1 is 1.18 bits per heavy atom. The van der Waals surface area contributed by atoms with E-state index in [1.54, 1.807) is 18.1 Å². The molecule has 1 fully saturated rings. The van der Waals surface area contributed by atoms with Crippen LogP contribution in [0.4, 0.5) is 16.2 Å². The fourth-order valence-electron chi connectivity index (χ4n) is 3.18. The second kappa shape index (κ2) is 9.12. The number of nitrogens with one attached hydrogen (secondary N) is 2. The maximum absolute atomic E-state index is 12.3. The molecule has 1 heterocycles. The molecule has 0 aromatic heterocycles. The highest BCUT2D eigenvalue weighted by Gasteiger charge is 2.30. The van der Waals surface area contributed by atoms with Gasteiger partial charge in [-0.25, -0.2) is 4.79 Å². The molecule has 1 aliphatic heterocycles. The Kier molecular flexibility index (Phi) is 6.37. The van der Waals surface area contributed by atoms with Crippen molar-refractivity contribution in [2.45, 2.75) is 13.3 Å². The molecule has 0 aliphatic carbocycles. The van der Waals surface area contributed by atoms with Crippen LogP contribution in [0.25, 0.3) is 0 Å². The number of carbonyl (C=O) groups is 2. The highest BCUT2D eigenvalue weighted by Crippen LogP contribution is 2.27. The zero-order chi connectivity index (χ0) is 19.9. The molecule has 3 rings (SSSR count). The summed E-state index contributed by atoms with van der Waals surface area (Å²) in [5, 5.41) is 5.65. The normalized spacial score (nSPS) is 16.0. The summed E-state index contributed by atoms with van der Waals surface area (Å²) in [5.41, 5.74) is 1.45. The molecule has 1 aliphatic rings. The lowest BCUT2D eigenvalue weighted by atomic mass is 10.1. The van der Waals surface area contributed by atoms with Crippen LogP contribution in [0, 0.1) is 5.92 Å². The number of hydrogen-bond acceptors (Lipinski definition) is 4. The van der Waals surface area contributed by atoms with Crippen LogP contribution in [0.2, 0.25) is 0 Å². The maximum Gasteiger partial charge on any atom is 0.319 e. The number of anilines is 2. The number of nitrogens with zero attached hydrogens (tertiary/aromatic N) is 1. The van der Waals surface area contributed by atoms with Gasteiger partial charge in [-0.15, -0.1) is 0 Å². The monoisotopic (exact) mass is 383 g/mol. The molecular weight excluding hydrogens is 358 g/mol. The standard InChI is InChI=1S/C21H25N3O4/c1-3-28-19-7-5-4-6-18(19)23-21(26)22-13-15-12-20(25)24(14-15)16-8-10-17(27-2)11-9-16/h4-11,15H,3,12-14H2,1-2H3,(H2,22,23,26)/t15-/m1/s1. The average Bonchev–Trinajstić information content (AvgIpc) is 3.09. The minimum absolute atomic E-state index is 0.0547. The van der Waals surface area contributed by atoms with Gasteiger partial charge in [0.2, 0.25) is 5.91 Å². The van der Waals surface area contributed by atoms with Crippen LogP contribution in [-0.4, -0.2) is 38.7 Å². The van der Waals surface area contributed by atoms with E-state index in [0.717, 1.165) is 11.4 Å². The minimum atomic E-state index is -0.317. The summed E-state index contributed by atoms with van der Waals surface area (Å²) in [4.78, 5) is 26.3. The molecule has 0 bridgehead atoms. The Morgan fingerprint density at radius 2 is 1.93 bits per heavy atom. The summed E-state index contributed by atoms with van der Waals surface area (Å²) in [6, 6.07) is 14.4. The first-order chi connectivity index (χ1) is 13.6. The second-order valence-corrected chi connectivity index (χ2v) is 6.54. The summed E-state index contributed by atoms with van der Waals surface area (Å²) in [6.45, 7) is 3.40. The maximum atomic E-state index is 12.3. The van der Waals surface area contributed by atoms with Crippen LogP contribution >= 0.6 is 0 Å². The molecule has 7 nitrogen and oxygen atoms in total. The zero-order valence-electron chi connectivity index (χ0n) is 16.1. The van der Waals surface area contributed by atoms with Crippen molar-refractivity contribution in [1.29, 1.82) is 0 Å². The number of rotatable bonds is 7. The third-order valence-corrected chi connectivity index (χ3v) is 4.58. The van der Waals surface area contributed by atoms with Crippen LogP contribution in [0.1, 0.15) is 13.3 Å². The molecule has 7 heteroatoms. The van der Waals surface area contributed by atoms with Gasteiger partial charge >= 0.3 is 6.03 Å². The predicted molar refractivity (Wildman–Crippen MR) is 108 cm³/mol. The summed E-state index contributed by atoms with van der Waals surface area (Å²) in [5.74, 6) is 1.49. The first-order valence-corrected chi connectivity index (χ1v) is 9.31. The third kappa shape index (κ3) is 4.73. The first-order valence-electron chi connectivity index (χ1n) is 9.31. The van der Waals surface area contributed by atoms with Crippen molar-refractivity contribution in [1.82, 2.24) is 5.32 Å². The molecule has 2 aromatic rings. The number of urea groups is 1. The molecule has 0 spiro atoms. The smallest absolute Gasteiger partial charge is 0.319 e. The Labute approximate surface area is 164 Å². The molecule has 1 saturated heterocycles. The van der Waals surface area contributed by atoms with Gasteiger partial charge in [0.1, 0.15) is 11.5 Å². The summed E-state index contributed by atoms with van der Waals surface area (Å²) in [7, 11) is 1.61. The van der Waals surface area contributed by atoms with E-state index >= 15 is 0 Å². The van der Waals surface area contributed by atoms with E-state index in [9.17, 15) is 9.59 Å². The van der Waals surface area contributed by atoms with Crippen LogP contribution < -0.4 is 25.0 Å². The van der Waals surface area contributed by atoms with Gasteiger partial charge in [0.05, 0.1) is 19.4 Å². The summed E-state index contributed by atoms with van der Waals surface area (Å²) < 4.78 is 10.7. The summed E-state index contributed by atoms with van der Waals surface area (Å²) in [6.07, 6.45) is 0.405. The number of hydrogen-bond donors (Lipinski definition) is 2. The Morgan fingerprint density at radius 3 is 2.64 bits per heavy atom. The zero-order valence-corrected chi connectivity index (χ0v) is 16.1. The van der Waals surface area contributed by atoms with E-state index < -0.39 is 0 Å². The molecule has 28 heavy (non-hydrogen) atoms. The van der Waals surface area contributed by atoms with Gasteiger partial charge in [0.25, 0.3) is 0 Å². The predicted octanol–water partition coefficient (Wildman–Crippen LogP) is 3.27. The molecule has 148 valence electrons. The van der Waals surface area contributed by atoms with Crippen molar-refractivity contribution in [3.05, 3.63) is 48.5 Å². The Bertz CT molecular complexity index is 823. The number of benzene rings is 2. The fraction of sp³-hybridized carbons (Fsp3) is 0.333. The van der Waals surface area contributed by atoms with E-state index in [2.05, 4.69) is 10.6 Å². The fourth-order valence-corrected chi connectivity index (χ4v) is 3.18. The molecule has 2 aromatic carbocycles. The van der Waals surface area contributed by atoms with Crippen molar-refractivity contribution in [2.75, 3.05) is 37.0 Å². The lowest BCUT2D eigenvalue weighted by molar-refractivity contribution is -0.117. The van der Waals surface area contributed by atoms with Crippen LogP contribution in [0.5, 0.6) is 11.5 Å². The van der Waals surface area contributed by atoms with Gasteiger partial charge in [-0.3, -0.25) is 4.79 Å². The Balaban J connectivity index is 1.52.